The van der Waals surface area contributed by atoms with Gasteiger partial charge >= 0.3 is 0 Å². The number of amides is 1. The van der Waals surface area contributed by atoms with Gasteiger partial charge in [-0.25, -0.2) is 0 Å². The Bertz CT molecular complexity index is 664. The zero-order valence-electron chi connectivity index (χ0n) is 12.5. The molecule has 0 heterocycles. The number of nitriles is 1. The number of hydrogen-bond donors (Lipinski definition) is 1. The molecule has 0 aliphatic rings. The van der Waals surface area contributed by atoms with E-state index in [1.165, 1.54) is 0 Å². The van der Waals surface area contributed by atoms with Crippen molar-refractivity contribution in [3.8, 4) is 6.07 Å². The molecular formula is C18H18N2OS. The van der Waals surface area contributed by atoms with Crippen LogP contribution >= 0.6 is 11.8 Å². The van der Waals surface area contributed by atoms with E-state index in [1.54, 1.807) is 17.8 Å². The molecule has 0 unspecified atom stereocenters. The van der Waals surface area contributed by atoms with E-state index < -0.39 is 0 Å². The maximum atomic E-state index is 12.0. The van der Waals surface area contributed by atoms with Crippen LogP contribution in [0.4, 0.5) is 0 Å². The zero-order valence-corrected chi connectivity index (χ0v) is 13.3. The molecule has 2 rings (SSSR count). The van der Waals surface area contributed by atoms with Gasteiger partial charge in [0, 0.05) is 5.75 Å². The molecule has 1 amide bonds. The molecule has 3 nitrogen and oxygen atoms in total. The van der Waals surface area contributed by atoms with Crippen LogP contribution in [0.15, 0.2) is 54.6 Å². The average Bonchev–Trinajstić information content (AvgIpc) is 2.56. The number of carbonyl (C=O) groups excluding carboxylic acids is 1. The van der Waals surface area contributed by atoms with Gasteiger partial charge in [-0.3, -0.25) is 4.79 Å². The minimum atomic E-state index is 0.0104. The van der Waals surface area contributed by atoms with Crippen LogP contribution in [0, 0.1) is 11.3 Å². The highest BCUT2D eigenvalue weighted by Crippen LogP contribution is 2.15. The van der Waals surface area contributed by atoms with Crippen LogP contribution in [0.1, 0.15) is 29.7 Å². The molecule has 22 heavy (non-hydrogen) atoms. The van der Waals surface area contributed by atoms with Crippen molar-refractivity contribution < 1.29 is 4.79 Å². The Morgan fingerprint density at radius 3 is 2.73 bits per heavy atom. The minimum absolute atomic E-state index is 0.0104. The first-order valence-corrected chi connectivity index (χ1v) is 8.25. The summed E-state index contributed by atoms with van der Waals surface area (Å²) in [7, 11) is 0. The van der Waals surface area contributed by atoms with E-state index in [0.717, 1.165) is 16.9 Å². The van der Waals surface area contributed by atoms with E-state index in [1.807, 2.05) is 55.5 Å². The van der Waals surface area contributed by atoms with Gasteiger partial charge in [0.05, 0.1) is 23.4 Å². The fraction of sp³-hybridized carbons (Fsp3) is 0.222. The molecule has 0 fully saturated rings. The summed E-state index contributed by atoms with van der Waals surface area (Å²) in [5, 5.41) is 11.9. The van der Waals surface area contributed by atoms with Crippen molar-refractivity contribution in [3.63, 3.8) is 0 Å². The number of thioether (sulfide) groups is 1. The van der Waals surface area contributed by atoms with Crippen molar-refractivity contribution in [2.75, 3.05) is 5.75 Å². The summed E-state index contributed by atoms with van der Waals surface area (Å²) < 4.78 is 0. The summed E-state index contributed by atoms with van der Waals surface area (Å²) >= 11 is 1.55. The third-order valence-corrected chi connectivity index (χ3v) is 4.24. The normalized spacial score (nSPS) is 11.5. The van der Waals surface area contributed by atoms with Gasteiger partial charge in [-0.05, 0) is 30.2 Å². The quantitative estimate of drug-likeness (QED) is 0.885. The van der Waals surface area contributed by atoms with Crippen molar-refractivity contribution in [2.45, 2.75) is 18.7 Å². The predicted octanol–water partition coefficient (Wildman–Crippen LogP) is 3.67. The summed E-state index contributed by atoms with van der Waals surface area (Å²) in [6.45, 7) is 1.98. The van der Waals surface area contributed by atoms with Crippen molar-refractivity contribution in [1.82, 2.24) is 5.32 Å². The topological polar surface area (TPSA) is 52.9 Å². The molecule has 0 aliphatic heterocycles. The van der Waals surface area contributed by atoms with Gasteiger partial charge in [-0.15, -0.1) is 11.8 Å². The second-order valence-electron chi connectivity index (χ2n) is 5.00. The Morgan fingerprint density at radius 2 is 2.00 bits per heavy atom. The smallest absolute Gasteiger partial charge is 0.230 e. The lowest BCUT2D eigenvalue weighted by atomic mass is 10.1. The highest BCUT2D eigenvalue weighted by atomic mass is 32.2. The molecule has 0 saturated carbocycles. The molecule has 1 N–H and O–H groups in total. The predicted molar refractivity (Wildman–Crippen MR) is 90.3 cm³/mol. The molecule has 0 spiro atoms. The Morgan fingerprint density at radius 1 is 1.23 bits per heavy atom. The van der Waals surface area contributed by atoms with Gasteiger partial charge in [0.2, 0.25) is 5.91 Å². The SMILES string of the molecule is C[C@@H](NC(=O)CSCc1cccc(C#N)c1)c1ccccc1. The van der Waals surface area contributed by atoms with Crippen LogP contribution in [-0.2, 0) is 10.5 Å². The number of nitrogens with one attached hydrogen (secondary N) is 1. The fourth-order valence-corrected chi connectivity index (χ4v) is 2.89. The van der Waals surface area contributed by atoms with E-state index in [2.05, 4.69) is 11.4 Å². The van der Waals surface area contributed by atoms with Crippen LogP contribution < -0.4 is 5.32 Å². The maximum absolute atomic E-state index is 12.0. The first kappa shape index (κ1) is 16.1. The van der Waals surface area contributed by atoms with Gasteiger partial charge < -0.3 is 5.32 Å². The van der Waals surface area contributed by atoms with Crippen LogP contribution in [0.25, 0.3) is 0 Å². The molecular weight excluding hydrogens is 292 g/mol. The van der Waals surface area contributed by atoms with Crippen molar-refractivity contribution in [3.05, 3.63) is 71.3 Å². The number of nitrogens with zero attached hydrogens (tertiary/aromatic N) is 1. The highest BCUT2D eigenvalue weighted by molar-refractivity contribution is 7.99. The summed E-state index contributed by atoms with van der Waals surface area (Å²) in [5.41, 5.74) is 2.82. The Labute approximate surface area is 135 Å². The lowest BCUT2D eigenvalue weighted by molar-refractivity contribution is -0.119. The number of hydrogen-bond acceptors (Lipinski definition) is 3. The first-order chi connectivity index (χ1) is 10.7. The molecule has 2 aromatic rings. The number of carbonyl (C=O) groups is 1. The lowest BCUT2D eigenvalue weighted by Gasteiger charge is -2.14. The highest BCUT2D eigenvalue weighted by Gasteiger charge is 2.09. The Kier molecular flexibility index (Phi) is 6.05. The molecule has 0 saturated heterocycles. The van der Waals surface area contributed by atoms with Crippen molar-refractivity contribution in [1.29, 1.82) is 5.26 Å². The molecule has 2 aromatic carbocycles. The van der Waals surface area contributed by atoms with Crippen LogP contribution in [0.5, 0.6) is 0 Å². The van der Waals surface area contributed by atoms with Gasteiger partial charge in [-0.1, -0.05) is 42.5 Å². The minimum Gasteiger partial charge on any atom is -0.349 e. The molecule has 0 bridgehead atoms. The van der Waals surface area contributed by atoms with Gasteiger partial charge in [-0.2, -0.15) is 5.26 Å². The summed E-state index contributed by atoms with van der Waals surface area (Å²) in [6.07, 6.45) is 0. The average molecular weight is 310 g/mol. The molecule has 0 radical (unpaired) electrons. The molecule has 112 valence electrons. The standard InChI is InChI=1S/C18H18N2OS/c1-14(17-8-3-2-4-9-17)20-18(21)13-22-12-16-7-5-6-15(10-16)11-19/h2-10,14H,12-13H2,1H3,(H,20,21)/t14-/m1/s1. The monoisotopic (exact) mass is 310 g/mol. The van der Waals surface area contributed by atoms with Gasteiger partial charge in [0.25, 0.3) is 0 Å². The molecule has 0 aliphatic carbocycles. The fourth-order valence-electron chi connectivity index (χ4n) is 2.10. The van der Waals surface area contributed by atoms with Gasteiger partial charge in [0.1, 0.15) is 0 Å². The van der Waals surface area contributed by atoms with Crippen LogP contribution in [-0.4, -0.2) is 11.7 Å². The summed E-state index contributed by atoms with van der Waals surface area (Å²) in [4.78, 5) is 12.0. The van der Waals surface area contributed by atoms with E-state index >= 15 is 0 Å². The lowest BCUT2D eigenvalue weighted by Crippen LogP contribution is -2.28. The van der Waals surface area contributed by atoms with E-state index in [9.17, 15) is 4.79 Å². The summed E-state index contributed by atoms with van der Waals surface area (Å²) in [5.74, 6) is 1.16. The third kappa shape index (κ3) is 4.94. The van der Waals surface area contributed by atoms with Crippen molar-refractivity contribution >= 4 is 17.7 Å². The van der Waals surface area contributed by atoms with Crippen LogP contribution in [0.3, 0.4) is 0 Å². The number of rotatable bonds is 6. The second-order valence-corrected chi connectivity index (χ2v) is 5.99. The second kappa shape index (κ2) is 8.26. The van der Waals surface area contributed by atoms with E-state index in [0.29, 0.717) is 11.3 Å². The molecule has 4 heteroatoms. The molecule has 1 atom stereocenters. The Balaban J connectivity index is 1.77. The van der Waals surface area contributed by atoms with Crippen LogP contribution in [0.2, 0.25) is 0 Å². The zero-order chi connectivity index (χ0) is 15.8. The van der Waals surface area contributed by atoms with Gasteiger partial charge in [0.15, 0.2) is 0 Å². The first-order valence-electron chi connectivity index (χ1n) is 7.10. The van der Waals surface area contributed by atoms with Crippen molar-refractivity contribution in [2.24, 2.45) is 0 Å². The van der Waals surface area contributed by atoms with E-state index in [-0.39, 0.29) is 11.9 Å². The molecule has 0 aromatic heterocycles. The Hall–Kier alpha value is -2.25. The number of benzene rings is 2. The maximum Gasteiger partial charge on any atom is 0.230 e. The summed E-state index contributed by atoms with van der Waals surface area (Å²) in [6, 6.07) is 19.5. The third-order valence-electron chi connectivity index (χ3n) is 3.24. The largest absolute Gasteiger partial charge is 0.349 e. The van der Waals surface area contributed by atoms with E-state index in [4.69, 9.17) is 5.26 Å².